The Balaban J connectivity index is 1.66. The van der Waals surface area contributed by atoms with E-state index in [0.717, 1.165) is 16.0 Å². The summed E-state index contributed by atoms with van der Waals surface area (Å²) in [5.41, 5.74) is 27.3. The second-order valence-electron chi connectivity index (χ2n) is 17.8. The normalized spacial score (nSPS) is 16.3. The fourth-order valence-electron chi connectivity index (χ4n) is 7.98. The number of aryl methyl sites for hydroxylation is 2. The average molecular weight is 962 g/mol. The average Bonchev–Trinajstić information content (AvgIpc) is 3.30. The van der Waals surface area contributed by atoms with Crippen LogP contribution in [0.2, 0.25) is 0 Å². The maximum atomic E-state index is 14.9. The molecule has 0 fully saturated rings. The summed E-state index contributed by atoms with van der Waals surface area (Å²) in [6.45, 7) is 10.8. The van der Waals surface area contributed by atoms with Crippen LogP contribution >= 0.6 is 0 Å². The van der Waals surface area contributed by atoms with Gasteiger partial charge in [0, 0.05) is 43.2 Å². The lowest BCUT2D eigenvalue weighted by Crippen LogP contribution is -2.56. The summed E-state index contributed by atoms with van der Waals surface area (Å²) in [5.74, 6) is -3.02. The third kappa shape index (κ3) is 12.9. The number of aromatic nitrogens is 2. The van der Waals surface area contributed by atoms with Crippen LogP contribution in [0.25, 0.3) is 22.5 Å². The molecule has 3 aromatic carbocycles. The molecular weight excluding hydrogens is 899 g/mol. The Morgan fingerprint density at radius 2 is 1.56 bits per heavy atom. The number of carbonyl (C=O) groups is 6. The largest absolute Gasteiger partial charge is 0.492 e. The molecule has 1 aliphatic heterocycles. The summed E-state index contributed by atoms with van der Waals surface area (Å²) in [4.78, 5) is 94.3. The molecule has 21 nitrogen and oxygen atoms in total. The van der Waals surface area contributed by atoms with Gasteiger partial charge >= 0.3 is 6.03 Å². The first-order valence-electron chi connectivity index (χ1n) is 22.7. The molecule has 70 heavy (non-hydrogen) atoms. The highest BCUT2D eigenvalue weighted by atomic mass is 16.5. The summed E-state index contributed by atoms with van der Waals surface area (Å²) < 4.78 is 12.3. The SMILES string of the molecule is Cc1nc(-c2ccc(C(C)(C)C)cc2)nc(C)c1C(=O)N[C@@H](CCN)C(=O)N(C)[C@@H]1C(=O)N[C@@H](C)C(=O)N[C@H](C(=O)NCC#N)Cc2ccc(OCCN)c(c2)-c2cc1cc(NC(N)=O)c2OCCN. The third-order valence-electron chi connectivity index (χ3n) is 11.5. The van der Waals surface area contributed by atoms with Gasteiger partial charge in [-0.05, 0) is 80.1 Å². The van der Waals surface area contributed by atoms with Crippen molar-refractivity contribution >= 4 is 41.3 Å². The predicted octanol–water partition coefficient (Wildman–Crippen LogP) is 1.72. The first-order chi connectivity index (χ1) is 33.2. The highest BCUT2D eigenvalue weighted by molar-refractivity contribution is 6.01. The summed E-state index contributed by atoms with van der Waals surface area (Å²) in [6.07, 6.45) is -0.164. The second kappa shape index (κ2) is 23.6. The summed E-state index contributed by atoms with van der Waals surface area (Å²) in [7, 11) is 1.33. The van der Waals surface area contributed by atoms with E-state index in [9.17, 15) is 34.0 Å². The lowest BCUT2D eigenvalue weighted by Gasteiger charge is -2.33. The van der Waals surface area contributed by atoms with Gasteiger partial charge in [0.25, 0.3) is 5.91 Å². The highest BCUT2D eigenvalue weighted by Crippen LogP contribution is 2.44. The molecule has 13 N–H and O–H groups in total. The number of rotatable bonds is 16. The molecule has 372 valence electrons. The number of urea groups is 1. The first kappa shape index (κ1) is 53.3. The smallest absolute Gasteiger partial charge is 0.316 e. The number of fused-ring (bicyclic) bond motifs is 5. The number of ether oxygens (including phenoxy) is 2. The highest BCUT2D eigenvalue weighted by Gasteiger charge is 2.37. The maximum absolute atomic E-state index is 14.9. The number of hydrogen-bond acceptors (Lipinski definition) is 14. The number of primary amides is 1. The third-order valence-corrected chi connectivity index (χ3v) is 11.5. The first-order valence-corrected chi connectivity index (χ1v) is 22.7. The Hall–Kier alpha value is -7.67. The second-order valence-corrected chi connectivity index (χ2v) is 17.8. The molecule has 0 saturated carbocycles. The molecule has 0 aliphatic carbocycles. The molecule has 4 bridgehead atoms. The molecule has 0 saturated heterocycles. The maximum Gasteiger partial charge on any atom is 0.316 e. The Morgan fingerprint density at radius 3 is 2.16 bits per heavy atom. The number of nitrogens with two attached hydrogens (primary N) is 4. The number of nitrogens with one attached hydrogen (secondary N) is 5. The van der Waals surface area contributed by atoms with Crippen molar-refractivity contribution in [2.24, 2.45) is 22.9 Å². The van der Waals surface area contributed by atoms with Crippen molar-refractivity contribution in [1.29, 1.82) is 5.26 Å². The van der Waals surface area contributed by atoms with Crippen molar-refractivity contribution in [2.75, 3.05) is 51.8 Å². The van der Waals surface area contributed by atoms with Crippen molar-refractivity contribution in [3.63, 3.8) is 0 Å². The van der Waals surface area contributed by atoms with Crippen LogP contribution < -0.4 is 59.0 Å². The van der Waals surface area contributed by atoms with Crippen LogP contribution in [0.1, 0.15) is 78.6 Å². The lowest BCUT2D eigenvalue weighted by atomic mass is 9.86. The van der Waals surface area contributed by atoms with E-state index >= 15 is 0 Å². The predicted molar refractivity (Wildman–Crippen MR) is 262 cm³/mol. The van der Waals surface area contributed by atoms with Gasteiger partial charge in [0.15, 0.2) is 11.6 Å². The van der Waals surface area contributed by atoms with E-state index in [-0.39, 0.29) is 91.5 Å². The van der Waals surface area contributed by atoms with Gasteiger partial charge in [-0.3, -0.25) is 24.0 Å². The Bertz CT molecular complexity index is 2620. The fraction of sp³-hybridized carbons (Fsp3) is 0.408. The number of hydrogen-bond donors (Lipinski definition) is 9. The monoisotopic (exact) mass is 961 g/mol. The molecule has 0 radical (unpaired) electrons. The van der Waals surface area contributed by atoms with Gasteiger partial charge in [0.05, 0.1) is 28.7 Å². The van der Waals surface area contributed by atoms with Crippen LogP contribution in [0.15, 0.2) is 54.6 Å². The van der Waals surface area contributed by atoms with E-state index < -0.39 is 59.7 Å². The lowest BCUT2D eigenvalue weighted by molar-refractivity contribution is -0.141. The van der Waals surface area contributed by atoms with Gasteiger partial charge in [-0.15, -0.1) is 0 Å². The van der Waals surface area contributed by atoms with Crippen molar-refractivity contribution in [2.45, 2.75) is 84.0 Å². The summed E-state index contributed by atoms with van der Waals surface area (Å²) in [6, 6.07) is 11.1. The zero-order valence-corrected chi connectivity index (χ0v) is 40.5. The Kier molecular flexibility index (Phi) is 17.9. The standard InChI is InChI=1S/C49H63N13O8/c1-26-39(27(2)57-42(56-26)30-9-11-32(12-10-30)49(4,5)6)45(65)59-35(14-15-50)47(67)62(7)40-31-24-34(41(70-21-18-53)36(25-31)61-48(54)68)33-22-29(8-13-38(33)69-20-17-52)23-37(44(64)55-19-16-51)60-43(63)28(3)58-46(40)66/h8-13,22,24-25,28,35,37,40H,14-15,17-21,23,50,52-53H2,1-7H3,(H,55,64)(H,58,66)(H,59,65)(H,60,63)(H3,54,61,68)/t28-,35-,37-,40-/m0/s1. The topological polar surface area (TPSA) is 338 Å². The zero-order chi connectivity index (χ0) is 51.4. The minimum absolute atomic E-state index is 0.0275. The van der Waals surface area contributed by atoms with Crippen LogP contribution in [0, 0.1) is 25.2 Å². The van der Waals surface area contributed by atoms with E-state index in [1.54, 1.807) is 38.1 Å². The van der Waals surface area contributed by atoms with E-state index in [1.807, 2.05) is 30.3 Å². The van der Waals surface area contributed by atoms with Gasteiger partial charge in [0.1, 0.15) is 49.7 Å². The Morgan fingerprint density at radius 1 is 0.900 bits per heavy atom. The molecule has 5 rings (SSSR count). The minimum atomic E-state index is -1.61. The Labute approximate surface area is 406 Å². The van der Waals surface area contributed by atoms with Gasteiger partial charge in [-0.2, -0.15) is 5.26 Å². The van der Waals surface area contributed by atoms with Crippen molar-refractivity contribution in [3.8, 4) is 40.1 Å². The van der Waals surface area contributed by atoms with Gasteiger partial charge in [-0.25, -0.2) is 14.8 Å². The molecule has 4 atom stereocenters. The fourth-order valence-corrected chi connectivity index (χ4v) is 7.98. The van der Waals surface area contributed by atoms with E-state index in [2.05, 4.69) is 57.3 Å². The molecule has 0 unspecified atom stereocenters. The van der Waals surface area contributed by atoms with Crippen molar-refractivity contribution in [3.05, 3.63) is 88.2 Å². The van der Waals surface area contributed by atoms with Gasteiger partial charge < -0.3 is 63.9 Å². The molecule has 21 heteroatoms. The van der Waals surface area contributed by atoms with Crippen LogP contribution in [0.4, 0.5) is 10.5 Å². The molecule has 1 aromatic heterocycles. The number of likely N-dealkylation sites (N-methyl/N-ethyl adjacent to an activating group) is 1. The summed E-state index contributed by atoms with van der Waals surface area (Å²) >= 11 is 0. The molecule has 0 spiro atoms. The van der Waals surface area contributed by atoms with E-state index in [1.165, 1.54) is 20.0 Å². The zero-order valence-electron chi connectivity index (χ0n) is 40.5. The quantitative estimate of drug-likeness (QED) is 0.0723. The molecular formula is C49H63N13O8. The summed E-state index contributed by atoms with van der Waals surface area (Å²) in [5, 5.41) is 22.4. The molecule has 4 aromatic rings. The van der Waals surface area contributed by atoms with Crippen molar-refractivity contribution in [1.82, 2.24) is 36.1 Å². The van der Waals surface area contributed by atoms with Gasteiger partial charge in [0.2, 0.25) is 23.6 Å². The van der Waals surface area contributed by atoms with Crippen LogP contribution in [0.5, 0.6) is 11.5 Å². The number of benzene rings is 3. The molecule has 1 aliphatic rings. The number of nitriles is 1. The molecule has 7 amide bonds. The number of anilines is 1. The van der Waals surface area contributed by atoms with E-state index in [4.69, 9.17) is 32.4 Å². The van der Waals surface area contributed by atoms with E-state index in [0.29, 0.717) is 28.3 Å². The number of nitrogens with zero attached hydrogens (tertiary/aromatic N) is 4. The number of carbonyl (C=O) groups excluding carboxylic acids is 6. The van der Waals surface area contributed by atoms with Crippen LogP contribution in [-0.2, 0) is 31.0 Å². The minimum Gasteiger partial charge on any atom is -0.492 e. The van der Waals surface area contributed by atoms with Crippen LogP contribution in [-0.4, -0.2) is 115 Å². The van der Waals surface area contributed by atoms with Gasteiger partial charge in [-0.1, -0.05) is 51.1 Å². The molecule has 2 heterocycles. The van der Waals surface area contributed by atoms with Crippen LogP contribution in [0.3, 0.4) is 0 Å². The van der Waals surface area contributed by atoms with Crippen molar-refractivity contribution < 1.29 is 38.2 Å². The number of amides is 7.